The van der Waals surface area contributed by atoms with Gasteiger partial charge in [0, 0.05) is 132 Å². The summed E-state index contributed by atoms with van der Waals surface area (Å²) in [6.07, 6.45) is 7.16. The van der Waals surface area contributed by atoms with Gasteiger partial charge < -0.3 is 57.9 Å². The summed E-state index contributed by atoms with van der Waals surface area (Å²) in [6, 6.07) is 0.959. The number of hydrogen-bond acceptors (Lipinski definition) is 32. The normalized spacial score (nSPS) is 21.1. The largest absolute Gasteiger partial charge is 0.423 e. The molecular weight excluding hydrogens is 1450 g/mol. The molecule has 4 saturated heterocycles. The first-order valence-electron chi connectivity index (χ1n) is 33.9. The zero-order valence-corrected chi connectivity index (χ0v) is 63.2. The summed E-state index contributed by atoms with van der Waals surface area (Å²) in [5.74, 6) is 0.930. The molecule has 12 heterocycles. The van der Waals surface area contributed by atoms with Crippen LogP contribution in [0.3, 0.4) is 0 Å². The topological polar surface area (TPSA) is 374 Å². The molecule has 4 N–H and O–H groups in total. The highest BCUT2D eigenvalue weighted by Gasteiger charge is 2.33. The van der Waals surface area contributed by atoms with Crippen molar-refractivity contribution in [2.45, 2.75) is 236 Å². The molecular formula is C64H88F4N20O12S4. The smallest absolute Gasteiger partial charge is 0.242 e. The zero-order valence-electron chi connectivity index (χ0n) is 60.0. The van der Waals surface area contributed by atoms with Gasteiger partial charge in [-0.15, -0.1) is 40.8 Å². The maximum atomic E-state index is 14.0. The summed E-state index contributed by atoms with van der Waals surface area (Å²) in [5.41, 5.74) is 0. The number of aromatic nitrogens is 12. The first kappa shape index (κ1) is 80.5. The molecule has 4 aliphatic heterocycles. The third-order valence-electron chi connectivity index (χ3n) is 17.0. The summed E-state index contributed by atoms with van der Waals surface area (Å²) in [7, 11) is 0. The van der Waals surface area contributed by atoms with E-state index in [4.69, 9.17) is 36.6 Å². The van der Waals surface area contributed by atoms with Gasteiger partial charge in [-0.1, -0.05) is 45.3 Å². The fraction of sp³-hybridized carbons (Fsp3) is 0.625. The molecule has 8 atom stereocenters. The van der Waals surface area contributed by atoms with Crippen molar-refractivity contribution >= 4 is 89.5 Å². The van der Waals surface area contributed by atoms with Gasteiger partial charge in [0.2, 0.25) is 94.5 Å². The summed E-state index contributed by atoms with van der Waals surface area (Å²) < 4.78 is 101. The number of rotatable bonds is 24. The highest BCUT2D eigenvalue weighted by molar-refractivity contribution is 7.16. The number of carbonyl (C=O) groups is 4. The van der Waals surface area contributed by atoms with E-state index < -0.39 is 23.8 Å². The number of aryl methyl sites for hydroxylation is 4. The van der Waals surface area contributed by atoms with Crippen LogP contribution in [0.25, 0.3) is 0 Å². The molecule has 8 aromatic heterocycles. The van der Waals surface area contributed by atoms with Gasteiger partial charge in [-0.25, -0.2) is 0 Å². The molecule has 0 unspecified atom stereocenters. The Kier molecular flexibility index (Phi) is 29.8. The quantitative estimate of drug-likeness (QED) is 0.0408. The number of amides is 4. The van der Waals surface area contributed by atoms with Crippen LogP contribution in [0.4, 0.5) is 38.1 Å². The third-order valence-corrected chi connectivity index (χ3v) is 20.7. The molecule has 32 nitrogen and oxygen atoms in total. The van der Waals surface area contributed by atoms with Gasteiger partial charge in [-0.05, 0) is 79.1 Å². The minimum absolute atomic E-state index is 0.106. The second kappa shape index (κ2) is 38.6. The van der Waals surface area contributed by atoms with E-state index in [1.165, 1.54) is 73.0 Å². The highest BCUT2D eigenvalue weighted by Crippen LogP contribution is 2.33. The van der Waals surface area contributed by atoms with Crippen LogP contribution in [0.1, 0.15) is 173 Å². The van der Waals surface area contributed by atoms with E-state index in [1.54, 1.807) is 27.7 Å². The van der Waals surface area contributed by atoms with Crippen LogP contribution < -0.4 is 21.3 Å². The number of halogens is 4. The third kappa shape index (κ3) is 25.3. The average Bonchev–Trinajstić information content (AvgIpc) is 1.67. The maximum Gasteiger partial charge on any atom is 0.242 e. The average molecular weight is 1530 g/mol. The molecule has 40 heteroatoms. The van der Waals surface area contributed by atoms with Crippen molar-refractivity contribution in [1.82, 2.24) is 80.3 Å². The van der Waals surface area contributed by atoms with Crippen molar-refractivity contribution in [3.05, 3.63) is 90.4 Å². The lowest BCUT2D eigenvalue weighted by molar-refractivity contribution is -0.115. The van der Waals surface area contributed by atoms with Crippen molar-refractivity contribution in [1.29, 1.82) is 0 Å². The predicted molar refractivity (Wildman–Crippen MR) is 372 cm³/mol. The Morgan fingerprint density at radius 2 is 0.577 bits per heavy atom. The van der Waals surface area contributed by atoms with Gasteiger partial charge in [-0.3, -0.25) is 38.8 Å². The standard InChI is InChI=1S/4C16H22FN5O3S/c4*1-9-6-12(24-8-14-21-20-11(3)25-14)4-5-22(9)7-13-15(17)19-16(26-13)18-10(2)23/h4*9,12H,4-8H2,1-3H3,(H,18,19,23)/t2*9-,12+;2*9-,12-/m1010/s1. The second-order valence-electron chi connectivity index (χ2n) is 25.6. The number of nitrogens with zero attached hydrogens (tertiary/aromatic N) is 16. The van der Waals surface area contributed by atoms with Crippen molar-refractivity contribution in [2.24, 2.45) is 0 Å². The Labute approximate surface area is 613 Å². The minimum Gasteiger partial charge on any atom is -0.423 e. The van der Waals surface area contributed by atoms with Crippen molar-refractivity contribution in [2.75, 3.05) is 47.4 Å². The van der Waals surface area contributed by atoms with Gasteiger partial charge >= 0.3 is 0 Å². The van der Waals surface area contributed by atoms with E-state index >= 15 is 0 Å². The molecule has 0 spiro atoms. The lowest BCUT2D eigenvalue weighted by atomic mass is 10.0. The summed E-state index contributed by atoms with van der Waals surface area (Å²) >= 11 is 4.70. The number of hydrogen-bond donors (Lipinski definition) is 4. The van der Waals surface area contributed by atoms with Gasteiger partial charge in [0.1, 0.15) is 26.4 Å². The number of anilines is 4. The number of ether oxygens (including phenoxy) is 4. The van der Waals surface area contributed by atoms with E-state index in [1.807, 2.05) is 0 Å². The lowest BCUT2D eigenvalue weighted by Gasteiger charge is -2.37. The maximum absolute atomic E-state index is 14.0. The fourth-order valence-electron chi connectivity index (χ4n) is 11.9. The molecule has 0 saturated carbocycles. The Morgan fingerprint density at radius 1 is 0.375 bits per heavy atom. The Morgan fingerprint density at radius 3 is 0.740 bits per heavy atom. The van der Waals surface area contributed by atoms with Crippen molar-refractivity contribution < 1.29 is 73.4 Å². The van der Waals surface area contributed by atoms with Crippen LogP contribution in [-0.4, -0.2) is 179 Å². The predicted octanol–water partition coefficient (Wildman–Crippen LogP) is 10.0. The van der Waals surface area contributed by atoms with E-state index in [0.29, 0.717) is 140 Å². The number of nitrogens with one attached hydrogen (secondary N) is 4. The van der Waals surface area contributed by atoms with Crippen LogP contribution in [-0.2, 0) is 90.7 Å². The molecule has 12 rings (SSSR count). The lowest BCUT2D eigenvalue weighted by Crippen LogP contribution is -2.42. The van der Waals surface area contributed by atoms with Crippen LogP contribution in [0.15, 0.2) is 17.7 Å². The molecule has 0 bridgehead atoms. The molecule has 568 valence electrons. The molecule has 8 aromatic rings. The minimum atomic E-state index is -0.518. The van der Waals surface area contributed by atoms with Crippen molar-refractivity contribution in [3.8, 4) is 0 Å². The molecule has 4 aliphatic rings. The van der Waals surface area contributed by atoms with Crippen LogP contribution in [0.2, 0.25) is 0 Å². The Balaban J connectivity index is 0.000000161. The van der Waals surface area contributed by atoms with Gasteiger partial charge in [-0.2, -0.15) is 37.5 Å². The van der Waals surface area contributed by atoms with E-state index in [0.717, 1.165) is 77.5 Å². The molecule has 4 amide bonds. The number of likely N-dealkylation sites (tertiary alicyclic amines) is 4. The second-order valence-corrected chi connectivity index (χ2v) is 30.0. The summed E-state index contributed by atoms with van der Waals surface area (Å²) in [4.78, 5) is 70.3. The van der Waals surface area contributed by atoms with Crippen LogP contribution in [0.5, 0.6) is 0 Å². The first-order chi connectivity index (χ1) is 49.6. The highest BCUT2D eigenvalue weighted by atomic mass is 32.1. The van der Waals surface area contributed by atoms with E-state index in [9.17, 15) is 36.7 Å². The van der Waals surface area contributed by atoms with E-state index in [2.05, 4.69) is 129 Å². The molecule has 0 aromatic carbocycles. The van der Waals surface area contributed by atoms with Gasteiger partial charge in [0.05, 0.1) is 43.9 Å². The van der Waals surface area contributed by atoms with Crippen LogP contribution in [0, 0.1) is 51.5 Å². The number of piperidine rings is 4. The SMILES string of the molecule is CC(=O)Nc1nc(F)c(CN2CC[C@@H](OCc3nnc(C)o3)C[C@@H]2C)s1.CC(=O)Nc1nc(F)c(CN2CC[C@@H](OCc3nnc(C)o3)C[C@H]2C)s1.CC(=O)Nc1nc(F)c(CN2CC[C@H](OCc3nnc(C)o3)C[C@@H]2C)s1.CC(=O)Nc1nc(F)c(CN2CC[C@H](OCc3nnc(C)o3)C[C@H]2C)s1. The summed E-state index contributed by atoms with van der Waals surface area (Å²) in [5, 5.41) is 42.1. The number of thiazole rings is 4. The molecule has 0 radical (unpaired) electrons. The zero-order chi connectivity index (χ0) is 74.7. The first-order valence-corrected chi connectivity index (χ1v) is 37.2. The van der Waals surface area contributed by atoms with Crippen LogP contribution >= 0.6 is 45.3 Å². The molecule has 4 fully saturated rings. The Hall–Kier alpha value is -7.64. The van der Waals surface area contributed by atoms with Gasteiger partial charge in [0.25, 0.3) is 0 Å². The monoisotopic (exact) mass is 1530 g/mol. The van der Waals surface area contributed by atoms with Crippen molar-refractivity contribution in [3.63, 3.8) is 0 Å². The summed E-state index contributed by atoms with van der Waals surface area (Å²) in [6.45, 7) is 27.2. The number of carbonyl (C=O) groups excluding carboxylic acids is 4. The molecule has 0 aliphatic carbocycles. The fourth-order valence-corrected chi connectivity index (χ4v) is 15.5. The molecule has 104 heavy (non-hydrogen) atoms. The Bertz CT molecular complexity index is 3570. The van der Waals surface area contributed by atoms with E-state index in [-0.39, 0.29) is 72.2 Å². The van der Waals surface area contributed by atoms with Gasteiger partial charge in [0.15, 0.2) is 20.5 Å².